The van der Waals surface area contributed by atoms with Crippen LogP contribution >= 0.6 is 15.9 Å². The number of fused-ring (bicyclic) bond motifs is 1. The van der Waals surface area contributed by atoms with Crippen molar-refractivity contribution in [3.05, 3.63) is 71.0 Å². The quantitative estimate of drug-likeness (QED) is 0.748. The molecule has 0 saturated heterocycles. The van der Waals surface area contributed by atoms with Crippen LogP contribution in [0.2, 0.25) is 0 Å². The lowest BCUT2D eigenvalue weighted by Crippen LogP contribution is -2.15. The molecular formula is C17H15BrN2O. The molecule has 0 amide bonds. The van der Waals surface area contributed by atoms with Gasteiger partial charge in [-0.15, -0.1) is 0 Å². The van der Waals surface area contributed by atoms with Crippen LogP contribution in [0.15, 0.2) is 65.4 Å². The monoisotopic (exact) mass is 342 g/mol. The number of hydrogen-bond donors (Lipinski definition) is 2. The molecule has 1 heterocycles. The predicted octanol–water partition coefficient (Wildman–Crippen LogP) is 4.14. The van der Waals surface area contributed by atoms with Crippen molar-refractivity contribution in [3.63, 3.8) is 0 Å². The molecule has 2 aromatic carbocycles. The first kappa shape index (κ1) is 14.0. The molecule has 0 spiro atoms. The van der Waals surface area contributed by atoms with Gasteiger partial charge in [0.25, 0.3) is 0 Å². The number of aromatic nitrogens is 1. The van der Waals surface area contributed by atoms with E-state index in [1.807, 2.05) is 54.9 Å². The highest BCUT2D eigenvalue weighted by Crippen LogP contribution is 2.26. The third kappa shape index (κ3) is 3.06. The smallest absolute Gasteiger partial charge is 0.0765 e. The molecule has 0 aliphatic carbocycles. The van der Waals surface area contributed by atoms with Crippen molar-refractivity contribution in [2.45, 2.75) is 6.04 Å². The first-order valence-corrected chi connectivity index (χ1v) is 7.53. The van der Waals surface area contributed by atoms with Gasteiger partial charge in [-0.2, -0.15) is 0 Å². The van der Waals surface area contributed by atoms with Crippen molar-refractivity contribution in [2.75, 3.05) is 11.9 Å². The van der Waals surface area contributed by atoms with Gasteiger partial charge in [-0.05, 0) is 29.7 Å². The average molecular weight is 343 g/mol. The maximum atomic E-state index is 9.76. The molecule has 0 fully saturated rings. The van der Waals surface area contributed by atoms with Crippen LogP contribution in [0.3, 0.4) is 0 Å². The second-order valence-corrected chi connectivity index (χ2v) is 5.75. The largest absolute Gasteiger partial charge is 0.394 e. The second kappa shape index (κ2) is 6.24. The van der Waals surface area contributed by atoms with Gasteiger partial charge in [-0.25, -0.2) is 0 Å². The van der Waals surface area contributed by atoms with Gasteiger partial charge < -0.3 is 10.4 Å². The van der Waals surface area contributed by atoms with E-state index in [2.05, 4.69) is 32.3 Å². The van der Waals surface area contributed by atoms with Gasteiger partial charge in [-0.3, -0.25) is 4.98 Å². The number of halogens is 1. The van der Waals surface area contributed by atoms with E-state index in [0.717, 1.165) is 26.5 Å². The van der Waals surface area contributed by atoms with E-state index in [1.165, 1.54) is 0 Å². The van der Waals surface area contributed by atoms with E-state index in [4.69, 9.17) is 0 Å². The number of pyridine rings is 1. The summed E-state index contributed by atoms with van der Waals surface area (Å²) < 4.78 is 1.03. The van der Waals surface area contributed by atoms with Gasteiger partial charge in [0.1, 0.15) is 0 Å². The van der Waals surface area contributed by atoms with E-state index in [-0.39, 0.29) is 12.6 Å². The van der Waals surface area contributed by atoms with E-state index >= 15 is 0 Å². The summed E-state index contributed by atoms with van der Waals surface area (Å²) in [6, 6.07) is 15.8. The molecule has 0 radical (unpaired) electrons. The number of rotatable bonds is 4. The standard InChI is InChI=1S/C17H15BrN2O/c18-13-5-7-14(8-6-13)20-17(11-21)16-10-19-9-12-3-1-2-4-15(12)16/h1-10,17,20-21H,11H2. The van der Waals surface area contributed by atoms with Crippen LogP contribution in [-0.4, -0.2) is 16.7 Å². The van der Waals surface area contributed by atoms with Crippen LogP contribution in [0.5, 0.6) is 0 Å². The van der Waals surface area contributed by atoms with E-state index in [1.54, 1.807) is 0 Å². The highest BCUT2D eigenvalue weighted by atomic mass is 79.9. The van der Waals surface area contributed by atoms with Gasteiger partial charge in [0.15, 0.2) is 0 Å². The maximum absolute atomic E-state index is 9.76. The Labute approximate surface area is 131 Å². The van der Waals surface area contributed by atoms with Crippen LogP contribution in [0, 0.1) is 0 Å². The fourth-order valence-electron chi connectivity index (χ4n) is 2.39. The molecule has 0 bridgehead atoms. The molecule has 2 N–H and O–H groups in total. The first-order valence-electron chi connectivity index (χ1n) is 6.73. The lowest BCUT2D eigenvalue weighted by Gasteiger charge is -2.19. The minimum atomic E-state index is -0.190. The molecular weight excluding hydrogens is 328 g/mol. The number of anilines is 1. The Morgan fingerprint density at radius 1 is 1.05 bits per heavy atom. The fourth-order valence-corrected chi connectivity index (χ4v) is 2.65. The van der Waals surface area contributed by atoms with Gasteiger partial charge in [0.2, 0.25) is 0 Å². The third-order valence-electron chi connectivity index (χ3n) is 3.44. The zero-order valence-corrected chi connectivity index (χ0v) is 12.9. The lowest BCUT2D eigenvalue weighted by molar-refractivity contribution is 0.276. The topological polar surface area (TPSA) is 45.1 Å². The summed E-state index contributed by atoms with van der Waals surface area (Å²) in [4.78, 5) is 4.28. The molecule has 1 atom stereocenters. The molecule has 3 rings (SSSR count). The van der Waals surface area contributed by atoms with Crippen LogP contribution in [0.1, 0.15) is 11.6 Å². The Morgan fingerprint density at radius 3 is 2.57 bits per heavy atom. The Kier molecular flexibility index (Phi) is 4.18. The number of aliphatic hydroxyl groups is 1. The van der Waals surface area contributed by atoms with Crippen molar-refractivity contribution in [1.29, 1.82) is 0 Å². The minimum absolute atomic E-state index is 0.00571. The molecule has 4 heteroatoms. The van der Waals surface area contributed by atoms with E-state index in [9.17, 15) is 5.11 Å². The Hall–Kier alpha value is -1.91. The lowest BCUT2D eigenvalue weighted by atomic mass is 10.0. The molecule has 3 nitrogen and oxygen atoms in total. The number of benzene rings is 2. The zero-order valence-electron chi connectivity index (χ0n) is 11.3. The SMILES string of the molecule is OCC(Nc1ccc(Br)cc1)c1cncc2ccccc12. The molecule has 0 saturated carbocycles. The molecule has 3 aromatic rings. The summed E-state index contributed by atoms with van der Waals surface area (Å²) in [6.07, 6.45) is 3.65. The van der Waals surface area contributed by atoms with Gasteiger partial charge >= 0.3 is 0 Å². The highest BCUT2D eigenvalue weighted by molar-refractivity contribution is 9.10. The maximum Gasteiger partial charge on any atom is 0.0765 e. The van der Waals surface area contributed by atoms with Crippen LogP contribution in [0.25, 0.3) is 10.8 Å². The molecule has 106 valence electrons. The normalized spacial score (nSPS) is 12.3. The fraction of sp³-hybridized carbons (Fsp3) is 0.118. The second-order valence-electron chi connectivity index (χ2n) is 4.84. The van der Waals surface area contributed by atoms with Crippen molar-refractivity contribution < 1.29 is 5.11 Å². The molecule has 1 unspecified atom stereocenters. The molecule has 0 aliphatic heterocycles. The summed E-state index contributed by atoms with van der Waals surface area (Å²) in [5.74, 6) is 0. The zero-order chi connectivity index (χ0) is 14.7. The van der Waals surface area contributed by atoms with Gasteiger partial charge in [0.05, 0.1) is 12.6 Å². The molecule has 0 aliphatic rings. The highest BCUT2D eigenvalue weighted by Gasteiger charge is 2.13. The van der Waals surface area contributed by atoms with Gasteiger partial charge in [0, 0.05) is 33.5 Å². The first-order chi connectivity index (χ1) is 10.3. The van der Waals surface area contributed by atoms with Crippen LogP contribution in [0.4, 0.5) is 5.69 Å². The van der Waals surface area contributed by atoms with Gasteiger partial charge in [-0.1, -0.05) is 40.2 Å². The predicted molar refractivity (Wildman–Crippen MR) is 89.3 cm³/mol. The third-order valence-corrected chi connectivity index (χ3v) is 3.97. The summed E-state index contributed by atoms with van der Waals surface area (Å²) >= 11 is 3.42. The Balaban J connectivity index is 1.96. The van der Waals surface area contributed by atoms with Crippen LogP contribution in [-0.2, 0) is 0 Å². The number of nitrogens with zero attached hydrogens (tertiary/aromatic N) is 1. The number of aliphatic hydroxyl groups excluding tert-OH is 1. The minimum Gasteiger partial charge on any atom is -0.394 e. The molecule has 21 heavy (non-hydrogen) atoms. The van der Waals surface area contributed by atoms with Crippen LogP contribution < -0.4 is 5.32 Å². The Morgan fingerprint density at radius 2 is 1.81 bits per heavy atom. The number of hydrogen-bond acceptors (Lipinski definition) is 3. The number of nitrogens with one attached hydrogen (secondary N) is 1. The molecule has 1 aromatic heterocycles. The Bertz CT molecular complexity index is 738. The van der Waals surface area contributed by atoms with Crippen molar-refractivity contribution >= 4 is 32.4 Å². The summed E-state index contributed by atoms with van der Waals surface area (Å²) in [6.45, 7) is 0.00571. The average Bonchev–Trinajstić information content (AvgIpc) is 2.54. The van der Waals surface area contributed by atoms with Crippen molar-refractivity contribution in [2.24, 2.45) is 0 Å². The summed E-state index contributed by atoms with van der Waals surface area (Å²) in [7, 11) is 0. The van der Waals surface area contributed by atoms with E-state index < -0.39 is 0 Å². The van der Waals surface area contributed by atoms with E-state index in [0.29, 0.717) is 0 Å². The summed E-state index contributed by atoms with van der Waals surface area (Å²) in [5.41, 5.74) is 1.96. The van der Waals surface area contributed by atoms with Crippen molar-refractivity contribution in [3.8, 4) is 0 Å². The summed E-state index contributed by atoms with van der Waals surface area (Å²) in [5, 5.41) is 15.3. The van der Waals surface area contributed by atoms with Crippen molar-refractivity contribution in [1.82, 2.24) is 4.98 Å².